The maximum absolute atomic E-state index is 12.5. The zero-order chi connectivity index (χ0) is 23.0. The number of amides is 1. The smallest absolute Gasteiger partial charge is 0.409 e. The van der Waals surface area contributed by atoms with Crippen LogP contribution in [-0.2, 0) is 17.8 Å². The molecule has 1 aliphatic carbocycles. The minimum atomic E-state index is -0.163. The van der Waals surface area contributed by atoms with Gasteiger partial charge in [0.25, 0.3) is 0 Å². The lowest BCUT2D eigenvalue weighted by atomic mass is 9.81. The Labute approximate surface area is 197 Å². The average molecular weight is 450 g/mol. The minimum Gasteiger partial charge on any atom is -0.449 e. The van der Waals surface area contributed by atoms with Crippen LogP contribution in [0.1, 0.15) is 55.8 Å². The summed E-state index contributed by atoms with van der Waals surface area (Å²) in [6.07, 6.45) is 9.82. The van der Waals surface area contributed by atoms with E-state index >= 15 is 0 Å². The molecule has 0 N–H and O–H groups in total. The summed E-state index contributed by atoms with van der Waals surface area (Å²) in [4.78, 5) is 21.0. The summed E-state index contributed by atoms with van der Waals surface area (Å²) in [6, 6.07) is 9.82. The molecule has 0 radical (unpaired) electrons. The van der Waals surface area contributed by atoms with Crippen molar-refractivity contribution in [3.05, 3.63) is 53.6 Å². The van der Waals surface area contributed by atoms with Crippen LogP contribution in [-0.4, -0.2) is 58.2 Å². The Balaban J connectivity index is 1.19. The Hall–Kier alpha value is -2.85. The predicted octanol–water partition coefficient (Wildman–Crippen LogP) is 4.27. The number of ether oxygens (including phenoxy) is 1. The fourth-order valence-electron chi connectivity index (χ4n) is 5.05. The fraction of sp³-hybridized carbons (Fsp3) is 0.577. The monoisotopic (exact) mass is 449 g/mol. The Morgan fingerprint density at radius 3 is 2.67 bits per heavy atom. The lowest BCUT2D eigenvalue weighted by Crippen LogP contribution is -2.48. The molecule has 2 aliphatic rings. The number of rotatable bonds is 7. The number of hydrogen-bond donors (Lipinski definition) is 0. The van der Waals surface area contributed by atoms with Crippen LogP contribution in [0.2, 0.25) is 0 Å². The van der Waals surface area contributed by atoms with Crippen LogP contribution in [0, 0.1) is 23.2 Å². The van der Waals surface area contributed by atoms with Crippen LogP contribution in [0.25, 0.3) is 0 Å². The van der Waals surface area contributed by atoms with Gasteiger partial charge in [-0.05, 0) is 42.4 Å². The molecular formula is C26H35N5O2. The molecule has 2 fully saturated rings. The third-order valence-corrected chi connectivity index (χ3v) is 7.05. The molecule has 2 atom stereocenters. The number of nitriles is 1. The van der Waals surface area contributed by atoms with Gasteiger partial charge < -0.3 is 14.2 Å². The van der Waals surface area contributed by atoms with E-state index in [0.29, 0.717) is 31.2 Å². The summed E-state index contributed by atoms with van der Waals surface area (Å²) in [5.41, 5.74) is 2.96. The van der Waals surface area contributed by atoms with Crippen LogP contribution in [0.3, 0.4) is 0 Å². The Morgan fingerprint density at radius 1 is 1.15 bits per heavy atom. The second-order valence-corrected chi connectivity index (χ2v) is 9.63. The zero-order valence-electron chi connectivity index (χ0n) is 19.7. The molecule has 4 rings (SSSR count). The summed E-state index contributed by atoms with van der Waals surface area (Å²) in [5, 5.41) is 8.97. The summed E-state index contributed by atoms with van der Waals surface area (Å²) in [6.45, 7) is 7.47. The first-order valence-electron chi connectivity index (χ1n) is 12.2. The molecule has 2 aromatic rings. The van der Waals surface area contributed by atoms with Crippen molar-refractivity contribution < 1.29 is 9.53 Å². The molecule has 1 saturated heterocycles. The van der Waals surface area contributed by atoms with Crippen molar-refractivity contribution >= 4 is 6.09 Å². The van der Waals surface area contributed by atoms with Gasteiger partial charge in [-0.1, -0.05) is 38.3 Å². The van der Waals surface area contributed by atoms with E-state index in [2.05, 4.69) is 27.4 Å². The van der Waals surface area contributed by atoms with Crippen molar-refractivity contribution in [2.24, 2.45) is 11.8 Å². The van der Waals surface area contributed by atoms with Crippen molar-refractivity contribution in [3.63, 3.8) is 0 Å². The summed E-state index contributed by atoms with van der Waals surface area (Å²) >= 11 is 0. The van der Waals surface area contributed by atoms with Gasteiger partial charge in [-0.3, -0.25) is 4.90 Å². The summed E-state index contributed by atoms with van der Waals surface area (Å²) in [5.74, 6) is 1.53. The maximum Gasteiger partial charge on any atom is 0.409 e. The van der Waals surface area contributed by atoms with E-state index in [0.717, 1.165) is 49.8 Å². The number of hydrogen-bond acceptors (Lipinski definition) is 5. The molecule has 2 unspecified atom stereocenters. The second kappa shape index (κ2) is 11.3. The van der Waals surface area contributed by atoms with Gasteiger partial charge in [0.1, 0.15) is 0 Å². The Kier molecular flexibility index (Phi) is 8.01. The minimum absolute atomic E-state index is 0.163. The molecule has 2 heterocycles. The number of benzene rings is 1. The van der Waals surface area contributed by atoms with Crippen LogP contribution in [0.4, 0.5) is 4.79 Å². The molecule has 1 aliphatic heterocycles. The third kappa shape index (κ3) is 6.58. The highest BCUT2D eigenvalue weighted by Crippen LogP contribution is 2.30. The highest BCUT2D eigenvalue weighted by Gasteiger charge is 2.24. The third-order valence-electron chi connectivity index (χ3n) is 7.05. The summed E-state index contributed by atoms with van der Waals surface area (Å²) in [7, 11) is 0. The van der Waals surface area contributed by atoms with Crippen molar-refractivity contribution in [3.8, 4) is 6.07 Å². The van der Waals surface area contributed by atoms with Gasteiger partial charge in [0, 0.05) is 45.5 Å². The van der Waals surface area contributed by atoms with Gasteiger partial charge in [-0.15, -0.1) is 0 Å². The van der Waals surface area contributed by atoms with Gasteiger partial charge in [0.2, 0.25) is 0 Å². The molecule has 0 spiro atoms. The van der Waals surface area contributed by atoms with Crippen molar-refractivity contribution in [1.82, 2.24) is 19.4 Å². The molecule has 33 heavy (non-hydrogen) atoms. The average Bonchev–Trinajstić information content (AvgIpc) is 3.26. The SMILES string of the molecule is CC1CCCC(CCOC(=O)N2CCN(Cc3cncn3Cc3ccc(C#N)cc3)CC2)C1. The normalized spacial score (nSPS) is 21.5. The van der Waals surface area contributed by atoms with Crippen molar-refractivity contribution in [2.45, 2.75) is 52.1 Å². The van der Waals surface area contributed by atoms with E-state index in [1.165, 1.54) is 25.7 Å². The molecule has 176 valence electrons. The maximum atomic E-state index is 12.5. The predicted molar refractivity (Wildman–Crippen MR) is 126 cm³/mol. The van der Waals surface area contributed by atoms with Crippen LogP contribution in [0.15, 0.2) is 36.8 Å². The highest BCUT2D eigenvalue weighted by molar-refractivity contribution is 5.67. The highest BCUT2D eigenvalue weighted by atomic mass is 16.6. The van der Waals surface area contributed by atoms with E-state index in [1.807, 2.05) is 41.7 Å². The van der Waals surface area contributed by atoms with E-state index in [4.69, 9.17) is 10.00 Å². The standard InChI is InChI=1S/C26H35N5O2/c1-21-3-2-4-22(15-21)9-14-33-26(32)30-12-10-29(11-13-30)19-25-17-28-20-31(25)18-24-7-5-23(16-27)6-8-24/h5-8,17,20-22H,2-4,9-15,18-19H2,1H3. The van der Waals surface area contributed by atoms with Gasteiger partial charge >= 0.3 is 6.09 Å². The van der Waals surface area contributed by atoms with E-state index in [9.17, 15) is 4.79 Å². The van der Waals surface area contributed by atoms with E-state index in [1.54, 1.807) is 0 Å². The topological polar surface area (TPSA) is 74.4 Å². The molecule has 7 nitrogen and oxygen atoms in total. The first kappa shape index (κ1) is 23.3. The molecule has 1 aromatic carbocycles. The van der Waals surface area contributed by atoms with Gasteiger partial charge in [0.05, 0.1) is 30.3 Å². The number of imidazole rings is 1. The quantitative estimate of drug-likeness (QED) is 0.631. The number of carbonyl (C=O) groups excluding carboxylic acids is 1. The first-order valence-corrected chi connectivity index (χ1v) is 12.2. The van der Waals surface area contributed by atoms with Gasteiger partial charge in [-0.25, -0.2) is 9.78 Å². The van der Waals surface area contributed by atoms with Gasteiger partial charge in [-0.2, -0.15) is 5.26 Å². The largest absolute Gasteiger partial charge is 0.449 e. The van der Waals surface area contributed by atoms with Gasteiger partial charge in [0.15, 0.2) is 0 Å². The Morgan fingerprint density at radius 2 is 1.94 bits per heavy atom. The fourth-order valence-corrected chi connectivity index (χ4v) is 5.05. The molecule has 1 amide bonds. The van der Waals surface area contributed by atoms with E-state index < -0.39 is 0 Å². The number of nitrogens with zero attached hydrogens (tertiary/aromatic N) is 5. The number of piperazine rings is 1. The molecular weight excluding hydrogens is 414 g/mol. The zero-order valence-corrected chi connectivity index (χ0v) is 19.7. The van der Waals surface area contributed by atoms with Crippen molar-refractivity contribution in [1.29, 1.82) is 5.26 Å². The molecule has 0 bridgehead atoms. The lowest BCUT2D eigenvalue weighted by Gasteiger charge is -2.34. The van der Waals surface area contributed by atoms with Crippen LogP contribution in [0.5, 0.6) is 0 Å². The van der Waals surface area contributed by atoms with Crippen LogP contribution < -0.4 is 0 Å². The van der Waals surface area contributed by atoms with E-state index in [-0.39, 0.29) is 6.09 Å². The number of aromatic nitrogens is 2. The molecule has 1 saturated carbocycles. The Bertz CT molecular complexity index is 940. The molecule has 1 aromatic heterocycles. The second-order valence-electron chi connectivity index (χ2n) is 9.63. The summed E-state index contributed by atoms with van der Waals surface area (Å²) < 4.78 is 7.74. The lowest BCUT2D eigenvalue weighted by molar-refractivity contribution is 0.0682. The molecule has 7 heteroatoms. The number of carbonyl (C=O) groups is 1. The van der Waals surface area contributed by atoms with Crippen molar-refractivity contribution in [2.75, 3.05) is 32.8 Å². The van der Waals surface area contributed by atoms with Crippen LogP contribution >= 0.6 is 0 Å². The first-order chi connectivity index (χ1) is 16.1.